The van der Waals surface area contributed by atoms with E-state index in [1.807, 2.05) is 18.5 Å². The molecule has 0 aromatic carbocycles. The summed E-state index contributed by atoms with van der Waals surface area (Å²) in [6.07, 6.45) is 10.1. The first-order chi connectivity index (χ1) is 10.8. The van der Waals surface area contributed by atoms with Gasteiger partial charge in [-0.05, 0) is 49.3 Å². The van der Waals surface area contributed by atoms with Gasteiger partial charge >= 0.3 is 0 Å². The molecule has 0 radical (unpaired) electrons. The highest BCUT2D eigenvalue weighted by Gasteiger charge is 2.38. The van der Waals surface area contributed by atoms with Crippen molar-refractivity contribution in [1.29, 1.82) is 0 Å². The van der Waals surface area contributed by atoms with Crippen molar-refractivity contribution >= 4 is 28.4 Å². The maximum absolute atomic E-state index is 6.18. The molecule has 22 heavy (non-hydrogen) atoms. The molecule has 2 aliphatic rings. The van der Waals surface area contributed by atoms with Crippen LogP contribution in [0.2, 0.25) is 0 Å². The fraction of sp³-hybridized carbons (Fsp3) is 0.529. The summed E-state index contributed by atoms with van der Waals surface area (Å²) in [5.74, 6) is 2.46. The summed E-state index contributed by atoms with van der Waals surface area (Å²) in [7, 11) is 0. The van der Waals surface area contributed by atoms with Crippen LogP contribution < -0.4 is 5.32 Å². The van der Waals surface area contributed by atoms with Gasteiger partial charge in [-0.15, -0.1) is 0 Å². The van der Waals surface area contributed by atoms with Crippen molar-refractivity contribution in [2.45, 2.75) is 37.3 Å². The Morgan fingerprint density at radius 2 is 2.14 bits per heavy atom. The molecule has 1 N–H and O–H groups in total. The van der Waals surface area contributed by atoms with E-state index in [1.165, 1.54) is 24.3 Å². The molecule has 0 saturated carbocycles. The van der Waals surface area contributed by atoms with Gasteiger partial charge in [-0.2, -0.15) is 11.8 Å². The van der Waals surface area contributed by atoms with E-state index >= 15 is 0 Å². The lowest BCUT2D eigenvalue weighted by Crippen LogP contribution is -2.46. The smallest absolute Gasteiger partial charge is 0.0753 e. The Kier molecular flexibility index (Phi) is 3.92. The number of fused-ring (bicyclic) bond motifs is 1. The van der Waals surface area contributed by atoms with Gasteiger partial charge in [0, 0.05) is 42.3 Å². The Morgan fingerprint density at radius 3 is 3.05 bits per heavy atom. The number of thioether (sulfide) groups is 1. The summed E-state index contributed by atoms with van der Waals surface area (Å²) in [6.45, 7) is 0.865. The second kappa shape index (κ2) is 6.05. The van der Waals surface area contributed by atoms with Crippen LogP contribution in [0.3, 0.4) is 0 Å². The molecule has 4 rings (SSSR count). The zero-order valence-electron chi connectivity index (χ0n) is 12.6. The molecule has 5 heteroatoms. The van der Waals surface area contributed by atoms with Crippen LogP contribution >= 0.6 is 11.8 Å². The van der Waals surface area contributed by atoms with Crippen molar-refractivity contribution in [1.82, 2.24) is 9.97 Å². The fourth-order valence-electron chi connectivity index (χ4n) is 3.58. The topological polar surface area (TPSA) is 47.0 Å². The molecular formula is C17H21N3OS. The van der Waals surface area contributed by atoms with Crippen LogP contribution in [0, 0.1) is 0 Å². The van der Waals surface area contributed by atoms with Gasteiger partial charge in [0.15, 0.2) is 0 Å². The van der Waals surface area contributed by atoms with Gasteiger partial charge in [-0.1, -0.05) is 0 Å². The standard InChI is InChI=1S/C17H21N3OS/c1-6-18-12-14-15(1)19-7-2-16(14)20-13-3-8-21-17(11-13)4-9-22-10-5-17/h1-2,6-7,12-13H,3-5,8-11H2,(H,19,20). The van der Waals surface area contributed by atoms with E-state index in [4.69, 9.17) is 4.74 Å². The number of anilines is 1. The van der Waals surface area contributed by atoms with Crippen LogP contribution in [0.15, 0.2) is 30.7 Å². The molecule has 0 aliphatic carbocycles. The number of nitrogens with zero attached hydrogens (tertiary/aromatic N) is 2. The molecule has 4 heterocycles. The van der Waals surface area contributed by atoms with Gasteiger partial charge in [0.25, 0.3) is 0 Å². The Morgan fingerprint density at radius 1 is 1.23 bits per heavy atom. The summed E-state index contributed by atoms with van der Waals surface area (Å²) in [4.78, 5) is 8.65. The van der Waals surface area contributed by atoms with Gasteiger partial charge in [-0.25, -0.2) is 0 Å². The van der Waals surface area contributed by atoms with E-state index in [2.05, 4.69) is 33.1 Å². The molecule has 0 amide bonds. The Labute approximate surface area is 135 Å². The van der Waals surface area contributed by atoms with E-state index in [1.54, 1.807) is 6.20 Å². The average Bonchev–Trinajstić information content (AvgIpc) is 2.56. The van der Waals surface area contributed by atoms with Gasteiger partial charge < -0.3 is 10.1 Å². The highest BCUT2D eigenvalue weighted by molar-refractivity contribution is 7.99. The van der Waals surface area contributed by atoms with Gasteiger partial charge in [0.05, 0.1) is 11.1 Å². The molecule has 1 atom stereocenters. The van der Waals surface area contributed by atoms with Gasteiger partial charge in [0.1, 0.15) is 0 Å². The third-order valence-electron chi connectivity index (χ3n) is 4.80. The van der Waals surface area contributed by atoms with Crippen LogP contribution in [0.4, 0.5) is 5.69 Å². The molecular weight excluding hydrogens is 294 g/mol. The second-order valence-electron chi connectivity index (χ2n) is 6.23. The van der Waals surface area contributed by atoms with E-state index in [0.29, 0.717) is 6.04 Å². The maximum Gasteiger partial charge on any atom is 0.0753 e. The summed E-state index contributed by atoms with van der Waals surface area (Å²) in [5, 5.41) is 4.83. The predicted molar refractivity (Wildman–Crippen MR) is 91.4 cm³/mol. The third kappa shape index (κ3) is 2.79. The van der Waals surface area contributed by atoms with Crippen molar-refractivity contribution in [3.63, 3.8) is 0 Å². The van der Waals surface area contributed by atoms with Crippen LogP contribution in [0.25, 0.3) is 10.9 Å². The van der Waals surface area contributed by atoms with Gasteiger partial charge in [0.2, 0.25) is 0 Å². The van der Waals surface area contributed by atoms with Crippen molar-refractivity contribution in [3.05, 3.63) is 30.7 Å². The molecule has 2 aromatic rings. The van der Waals surface area contributed by atoms with Gasteiger partial charge in [-0.3, -0.25) is 9.97 Å². The van der Waals surface area contributed by atoms with E-state index < -0.39 is 0 Å². The van der Waals surface area contributed by atoms with Crippen molar-refractivity contribution in [3.8, 4) is 0 Å². The molecule has 4 nitrogen and oxygen atoms in total. The molecule has 2 saturated heterocycles. The first-order valence-electron chi connectivity index (χ1n) is 8.02. The molecule has 0 bridgehead atoms. The number of hydrogen-bond donors (Lipinski definition) is 1. The summed E-state index contributed by atoms with van der Waals surface area (Å²) in [5.41, 5.74) is 2.25. The zero-order valence-corrected chi connectivity index (χ0v) is 13.4. The van der Waals surface area contributed by atoms with Crippen molar-refractivity contribution in [2.24, 2.45) is 0 Å². The predicted octanol–water partition coefficient (Wildman–Crippen LogP) is 3.49. The molecule has 116 valence electrons. The summed E-state index contributed by atoms with van der Waals surface area (Å²) < 4.78 is 6.18. The van der Waals surface area contributed by atoms with Crippen LogP contribution in [0.5, 0.6) is 0 Å². The maximum atomic E-state index is 6.18. The quantitative estimate of drug-likeness (QED) is 0.919. The van der Waals surface area contributed by atoms with Crippen LogP contribution in [-0.2, 0) is 4.74 Å². The Balaban J connectivity index is 1.54. The first-order valence-corrected chi connectivity index (χ1v) is 9.17. The number of hydrogen-bond acceptors (Lipinski definition) is 5. The zero-order chi connectivity index (χ0) is 14.8. The van der Waals surface area contributed by atoms with Crippen molar-refractivity contribution in [2.75, 3.05) is 23.4 Å². The minimum atomic E-state index is 0.113. The average molecular weight is 315 g/mol. The lowest BCUT2D eigenvalue weighted by Gasteiger charge is -2.43. The molecule has 1 spiro atoms. The van der Waals surface area contributed by atoms with Crippen LogP contribution in [-0.4, -0.2) is 39.7 Å². The normalized spacial score (nSPS) is 24.5. The number of nitrogens with one attached hydrogen (secondary N) is 1. The summed E-state index contributed by atoms with van der Waals surface area (Å²) in [6, 6.07) is 4.50. The van der Waals surface area contributed by atoms with Crippen LogP contribution in [0.1, 0.15) is 25.7 Å². The Bertz CT molecular complexity index is 646. The molecule has 1 unspecified atom stereocenters. The lowest BCUT2D eigenvalue weighted by atomic mass is 9.85. The minimum Gasteiger partial charge on any atom is -0.381 e. The lowest BCUT2D eigenvalue weighted by molar-refractivity contribution is -0.0865. The number of pyridine rings is 2. The van der Waals surface area contributed by atoms with E-state index in [9.17, 15) is 0 Å². The van der Waals surface area contributed by atoms with E-state index in [0.717, 1.165) is 36.0 Å². The number of ether oxygens (including phenoxy) is 1. The molecule has 2 fully saturated rings. The second-order valence-corrected chi connectivity index (χ2v) is 7.45. The first kappa shape index (κ1) is 14.3. The summed E-state index contributed by atoms with van der Waals surface area (Å²) >= 11 is 2.05. The highest BCUT2D eigenvalue weighted by Crippen LogP contribution is 2.38. The highest BCUT2D eigenvalue weighted by atomic mass is 32.2. The Hall–Kier alpha value is -1.33. The molecule has 2 aliphatic heterocycles. The number of rotatable bonds is 2. The molecule has 2 aromatic heterocycles. The van der Waals surface area contributed by atoms with E-state index in [-0.39, 0.29) is 5.60 Å². The SMILES string of the molecule is c1cc2nccc(NC3CCOC4(CCSCC4)C3)c2cn1. The minimum absolute atomic E-state index is 0.113. The largest absolute Gasteiger partial charge is 0.381 e. The number of aromatic nitrogens is 2. The third-order valence-corrected chi connectivity index (χ3v) is 5.79. The monoisotopic (exact) mass is 315 g/mol. The van der Waals surface area contributed by atoms with Crippen molar-refractivity contribution < 1.29 is 4.74 Å². The fourth-order valence-corrected chi connectivity index (χ4v) is 4.81.